The number of anilines is 3. The third-order valence-corrected chi connectivity index (χ3v) is 5.34. The summed E-state index contributed by atoms with van der Waals surface area (Å²) in [5.74, 6) is 2.63. The molecule has 0 unspecified atom stereocenters. The van der Waals surface area contributed by atoms with E-state index < -0.39 is 0 Å². The zero-order valence-electron chi connectivity index (χ0n) is 17.8. The molecule has 2 aromatic carbocycles. The summed E-state index contributed by atoms with van der Waals surface area (Å²) in [6, 6.07) is 14.5. The Morgan fingerprint density at radius 2 is 1.94 bits per heavy atom. The van der Waals surface area contributed by atoms with E-state index in [1.54, 1.807) is 13.2 Å². The summed E-state index contributed by atoms with van der Waals surface area (Å²) in [5, 5.41) is 6.40. The van der Waals surface area contributed by atoms with Crippen LogP contribution in [0.4, 0.5) is 22.0 Å². The summed E-state index contributed by atoms with van der Waals surface area (Å²) in [6.45, 7) is 6.20. The molecule has 2 heterocycles. The highest BCUT2D eigenvalue weighted by Crippen LogP contribution is 2.38. The first kappa shape index (κ1) is 20.7. The molecule has 1 aromatic heterocycles. The average Bonchev–Trinajstić information content (AvgIpc) is 2.79. The van der Waals surface area contributed by atoms with Crippen LogP contribution in [-0.2, 0) is 13.1 Å². The topological polar surface area (TPSA) is 62.3 Å². The maximum Gasteiger partial charge on any atom is 0.226 e. The molecule has 0 aliphatic carbocycles. The van der Waals surface area contributed by atoms with E-state index in [4.69, 9.17) is 9.72 Å². The van der Waals surface area contributed by atoms with Gasteiger partial charge in [-0.05, 0) is 47.4 Å². The van der Waals surface area contributed by atoms with Crippen molar-refractivity contribution in [2.45, 2.75) is 19.5 Å². The number of methoxy groups -OCH3 is 1. The second-order valence-electron chi connectivity index (χ2n) is 7.45. The Morgan fingerprint density at radius 1 is 1.13 bits per heavy atom. The van der Waals surface area contributed by atoms with Crippen molar-refractivity contribution in [3.8, 4) is 5.75 Å². The van der Waals surface area contributed by atoms with Crippen molar-refractivity contribution in [2.75, 3.05) is 36.2 Å². The molecule has 0 saturated heterocycles. The van der Waals surface area contributed by atoms with Gasteiger partial charge in [0.2, 0.25) is 5.95 Å². The summed E-state index contributed by atoms with van der Waals surface area (Å²) < 4.78 is 18.8. The normalized spacial score (nSPS) is 13.0. The molecule has 1 aliphatic heterocycles. The minimum Gasteiger partial charge on any atom is -0.497 e. The predicted molar refractivity (Wildman–Crippen MR) is 123 cm³/mol. The molecule has 31 heavy (non-hydrogen) atoms. The van der Waals surface area contributed by atoms with Gasteiger partial charge in [0.1, 0.15) is 23.2 Å². The maximum atomic E-state index is 13.5. The number of fused-ring (bicyclic) bond motifs is 1. The molecule has 160 valence electrons. The van der Waals surface area contributed by atoms with Crippen LogP contribution in [0.5, 0.6) is 5.75 Å². The molecule has 0 amide bonds. The van der Waals surface area contributed by atoms with E-state index in [0.717, 1.165) is 52.6 Å². The molecule has 2 N–H and O–H groups in total. The Bertz CT molecular complexity index is 1080. The van der Waals surface area contributed by atoms with Gasteiger partial charge in [-0.2, -0.15) is 9.97 Å². The van der Waals surface area contributed by atoms with E-state index in [9.17, 15) is 4.39 Å². The van der Waals surface area contributed by atoms with Crippen LogP contribution in [0.2, 0.25) is 0 Å². The van der Waals surface area contributed by atoms with Crippen LogP contribution in [0.3, 0.4) is 0 Å². The van der Waals surface area contributed by atoms with E-state index >= 15 is 0 Å². The quantitative estimate of drug-likeness (QED) is 0.579. The molecule has 1 aliphatic rings. The standard InChI is InChI=1S/C24H26FN5O/c1-16-11-12-30(15-17-7-9-20(31-3)10-8-17)23-21(16)22(26-2)28-24(29-23)27-14-18-5-4-6-19(25)13-18/h4-10,13H,1,11-12,14-15H2,2-3H3,(H2,26,27,28,29). The van der Waals surface area contributed by atoms with Crippen LogP contribution in [0.15, 0.2) is 55.1 Å². The number of aromatic nitrogens is 2. The molecule has 0 saturated carbocycles. The summed E-state index contributed by atoms with van der Waals surface area (Å²) in [4.78, 5) is 11.7. The van der Waals surface area contributed by atoms with Crippen molar-refractivity contribution in [1.82, 2.24) is 9.97 Å². The molecule has 0 radical (unpaired) electrons. The second-order valence-corrected chi connectivity index (χ2v) is 7.45. The zero-order valence-corrected chi connectivity index (χ0v) is 17.8. The maximum absolute atomic E-state index is 13.5. The van der Waals surface area contributed by atoms with Crippen molar-refractivity contribution in [2.24, 2.45) is 0 Å². The molecule has 3 aromatic rings. The lowest BCUT2D eigenvalue weighted by atomic mass is 10.00. The highest BCUT2D eigenvalue weighted by Gasteiger charge is 2.26. The van der Waals surface area contributed by atoms with Gasteiger partial charge in [-0.3, -0.25) is 0 Å². The first-order chi connectivity index (χ1) is 15.1. The van der Waals surface area contributed by atoms with Crippen LogP contribution in [-0.4, -0.2) is 30.7 Å². The predicted octanol–water partition coefficient (Wildman–Crippen LogP) is 4.70. The largest absolute Gasteiger partial charge is 0.497 e. The molecule has 0 bridgehead atoms. The Kier molecular flexibility index (Phi) is 6.02. The third-order valence-electron chi connectivity index (χ3n) is 5.34. The number of hydrogen-bond acceptors (Lipinski definition) is 6. The average molecular weight is 420 g/mol. The first-order valence-corrected chi connectivity index (χ1v) is 10.2. The SMILES string of the molecule is C=C1CCN(Cc2ccc(OC)cc2)c2nc(NCc3cccc(F)c3)nc(NC)c21. The van der Waals surface area contributed by atoms with Gasteiger partial charge in [0, 0.05) is 26.7 Å². The van der Waals surface area contributed by atoms with Crippen molar-refractivity contribution in [3.05, 3.63) is 77.6 Å². The smallest absolute Gasteiger partial charge is 0.226 e. The van der Waals surface area contributed by atoms with Crippen molar-refractivity contribution >= 4 is 23.2 Å². The summed E-state index contributed by atoms with van der Waals surface area (Å²) in [7, 11) is 3.50. The number of benzene rings is 2. The van der Waals surface area contributed by atoms with Gasteiger partial charge >= 0.3 is 0 Å². The van der Waals surface area contributed by atoms with Gasteiger partial charge in [-0.25, -0.2) is 4.39 Å². The highest BCUT2D eigenvalue weighted by atomic mass is 19.1. The van der Waals surface area contributed by atoms with Crippen LogP contribution >= 0.6 is 0 Å². The third kappa shape index (κ3) is 4.60. The lowest BCUT2D eigenvalue weighted by Gasteiger charge is -2.32. The van der Waals surface area contributed by atoms with E-state index in [1.165, 1.54) is 12.1 Å². The Morgan fingerprint density at radius 3 is 2.65 bits per heavy atom. The van der Waals surface area contributed by atoms with Crippen molar-refractivity contribution in [3.63, 3.8) is 0 Å². The minimum absolute atomic E-state index is 0.261. The van der Waals surface area contributed by atoms with E-state index in [0.29, 0.717) is 19.0 Å². The van der Waals surface area contributed by atoms with Crippen LogP contribution in [0.25, 0.3) is 5.57 Å². The van der Waals surface area contributed by atoms with E-state index in [-0.39, 0.29) is 5.82 Å². The monoisotopic (exact) mass is 419 g/mol. The van der Waals surface area contributed by atoms with Gasteiger partial charge in [-0.15, -0.1) is 0 Å². The highest BCUT2D eigenvalue weighted by molar-refractivity contribution is 5.84. The number of nitrogens with one attached hydrogen (secondary N) is 2. The number of ether oxygens (including phenoxy) is 1. The lowest BCUT2D eigenvalue weighted by Crippen LogP contribution is -2.30. The van der Waals surface area contributed by atoms with Gasteiger partial charge in [0.15, 0.2) is 0 Å². The number of halogens is 1. The summed E-state index contributed by atoms with van der Waals surface area (Å²) >= 11 is 0. The Labute approximate surface area is 181 Å². The second kappa shape index (κ2) is 9.04. The minimum atomic E-state index is -0.261. The Balaban J connectivity index is 1.62. The van der Waals surface area contributed by atoms with Crippen LogP contribution in [0, 0.1) is 5.82 Å². The fourth-order valence-corrected chi connectivity index (χ4v) is 3.70. The number of rotatable bonds is 7. The summed E-state index contributed by atoms with van der Waals surface area (Å²) in [6.07, 6.45) is 0.845. The molecule has 0 atom stereocenters. The van der Waals surface area contributed by atoms with Gasteiger partial charge in [-0.1, -0.05) is 30.8 Å². The molecule has 0 spiro atoms. The Hall–Kier alpha value is -3.61. The first-order valence-electron chi connectivity index (χ1n) is 10.2. The van der Waals surface area contributed by atoms with Crippen LogP contribution in [0.1, 0.15) is 23.1 Å². The van der Waals surface area contributed by atoms with E-state index in [2.05, 4.69) is 39.2 Å². The molecule has 7 heteroatoms. The molecule has 0 fully saturated rings. The zero-order chi connectivity index (χ0) is 21.8. The van der Waals surface area contributed by atoms with Gasteiger partial charge in [0.25, 0.3) is 0 Å². The molecule has 4 rings (SSSR count). The number of hydrogen-bond donors (Lipinski definition) is 2. The fourth-order valence-electron chi connectivity index (χ4n) is 3.70. The van der Waals surface area contributed by atoms with Gasteiger partial charge in [0.05, 0.1) is 12.7 Å². The van der Waals surface area contributed by atoms with Crippen molar-refractivity contribution < 1.29 is 9.13 Å². The summed E-state index contributed by atoms with van der Waals surface area (Å²) in [5.41, 5.74) is 3.95. The van der Waals surface area contributed by atoms with Crippen molar-refractivity contribution in [1.29, 1.82) is 0 Å². The lowest BCUT2D eigenvalue weighted by molar-refractivity contribution is 0.414. The molecular formula is C24H26FN5O. The fraction of sp³-hybridized carbons (Fsp3) is 0.250. The van der Waals surface area contributed by atoms with E-state index in [1.807, 2.05) is 25.2 Å². The van der Waals surface area contributed by atoms with Gasteiger partial charge < -0.3 is 20.3 Å². The van der Waals surface area contributed by atoms with Crippen LogP contribution < -0.4 is 20.3 Å². The molecule has 6 nitrogen and oxygen atoms in total. The molecular weight excluding hydrogens is 393 g/mol. The number of nitrogens with zero attached hydrogens (tertiary/aromatic N) is 3.